The third-order valence-electron chi connectivity index (χ3n) is 3.81. The molecule has 19 heavy (non-hydrogen) atoms. The van der Waals surface area contributed by atoms with Gasteiger partial charge in [0.15, 0.2) is 0 Å². The first-order valence-corrected chi connectivity index (χ1v) is 6.82. The predicted octanol–water partition coefficient (Wildman–Crippen LogP) is 3.49. The van der Waals surface area contributed by atoms with Crippen LogP contribution in [0.25, 0.3) is 11.1 Å². The van der Waals surface area contributed by atoms with E-state index in [1.54, 1.807) is 0 Å². The first kappa shape index (κ1) is 12.2. The summed E-state index contributed by atoms with van der Waals surface area (Å²) in [5, 5.41) is 0. The second-order valence-corrected chi connectivity index (χ2v) is 5.19. The van der Waals surface area contributed by atoms with Crippen LogP contribution in [0, 0.1) is 6.92 Å². The highest BCUT2D eigenvalue weighted by Gasteiger charge is 2.20. The van der Waals surface area contributed by atoms with Crippen molar-refractivity contribution in [3.05, 3.63) is 53.6 Å². The number of aryl methyl sites for hydroxylation is 1. The lowest BCUT2D eigenvalue weighted by atomic mass is 9.91. The molecule has 0 spiro atoms. The topological polar surface area (TPSA) is 35.2 Å². The van der Waals surface area contributed by atoms with Gasteiger partial charge in [0.25, 0.3) is 0 Å². The molecule has 3 rings (SSSR count). The first-order valence-electron chi connectivity index (χ1n) is 6.82. The Bertz CT molecular complexity index is 592. The van der Waals surface area contributed by atoms with Crippen molar-refractivity contribution in [2.75, 3.05) is 13.2 Å². The van der Waals surface area contributed by atoms with E-state index in [0.717, 1.165) is 18.8 Å². The van der Waals surface area contributed by atoms with Gasteiger partial charge in [-0.2, -0.15) is 0 Å². The average Bonchev–Trinajstić information content (AvgIpc) is 2.46. The standard InChI is InChI=1S/C17H19NO/c1-12-3-2-4-13(9-12)14-5-6-16-15(11-18)7-8-19-17(16)10-14/h2-6,9-10,15H,7-8,11,18H2,1H3. The minimum absolute atomic E-state index is 0.440. The number of hydrogen-bond donors (Lipinski definition) is 1. The summed E-state index contributed by atoms with van der Waals surface area (Å²) in [6, 6.07) is 15.0. The third-order valence-corrected chi connectivity index (χ3v) is 3.81. The van der Waals surface area contributed by atoms with E-state index >= 15 is 0 Å². The summed E-state index contributed by atoms with van der Waals surface area (Å²) in [5.41, 5.74) is 10.8. The molecule has 2 heteroatoms. The lowest BCUT2D eigenvalue weighted by Gasteiger charge is -2.25. The van der Waals surface area contributed by atoms with Crippen LogP contribution in [-0.2, 0) is 0 Å². The van der Waals surface area contributed by atoms with E-state index < -0.39 is 0 Å². The Morgan fingerprint density at radius 1 is 1.16 bits per heavy atom. The fraction of sp³-hybridized carbons (Fsp3) is 0.294. The SMILES string of the molecule is Cc1cccc(-c2ccc3c(c2)OCCC3CN)c1. The molecular weight excluding hydrogens is 234 g/mol. The lowest BCUT2D eigenvalue weighted by Crippen LogP contribution is -2.20. The zero-order valence-corrected chi connectivity index (χ0v) is 11.2. The number of ether oxygens (including phenoxy) is 1. The largest absolute Gasteiger partial charge is 0.493 e. The van der Waals surface area contributed by atoms with E-state index in [2.05, 4.69) is 49.4 Å². The van der Waals surface area contributed by atoms with Gasteiger partial charge in [0.1, 0.15) is 5.75 Å². The summed E-state index contributed by atoms with van der Waals surface area (Å²) in [4.78, 5) is 0. The van der Waals surface area contributed by atoms with Gasteiger partial charge in [-0.3, -0.25) is 0 Å². The van der Waals surface area contributed by atoms with Gasteiger partial charge >= 0.3 is 0 Å². The van der Waals surface area contributed by atoms with Crippen LogP contribution < -0.4 is 10.5 Å². The molecule has 0 bridgehead atoms. The highest BCUT2D eigenvalue weighted by molar-refractivity contribution is 5.67. The summed E-state index contributed by atoms with van der Waals surface area (Å²) in [6.07, 6.45) is 1.02. The highest BCUT2D eigenvalue weighted by atomic mass is 16.5. The van der Waals surface area contributed by atoms with Gasteiger partial charge in [-0.05, 0) is 42.6 Å². The van der Waals surface area contributed by atoms with Crippen molar-refractivity contribution in [3.8, 4) is 16.9 Å². The molecule has 2 N–H and O–H groups in total. The van der Waals surface area contributed by atoms with Gasteiger partial charge in [-0.1, -0.05) is 42.0 Å². The summed E-state index contributed by atoms with van der Waals surface area (Å²) < 4.78 is 5.79. The Morgan fingerprint density at radius 3 is 2.79 bits per heavy atom. The summed E-state index contributed by atoms with van der Waals surface area (Å²) >= 11 is 0. The maximum absolute atomic E-state index is 5.83. The van der Waals surface area contributed by atoms with Crippen LogP contribution >= 0.6 is 0 Å². The van der Waals surface area contributed by atoms with Gasteiger partial charge in [0.2, 0.25) is 0 Å². The molecule has 0 fully saturated rings. The van der Waals surface area contributed by atoms with Crippen molar-refractivity contribution in [2.24, 2.45) is 5.73 Å². The molecule has 1 heterocycles. The molecule has 0 radical (unpaired) electrons. The predicted molar refractivity (Wildman–Crippen MR) is 78.5 cm³/mol. The van der Waals surface area contributed by atoms with Crippen molar-refractivity contribution in [1.82, 2.24) is 0 Å². The van der Waals surface area contributed by atoms with Gasteiger partial charge in [-0.15, -0.1) is 0 Å². The fourth-order valence-electron chi connectivity index (χ4n) is 2.71. The number of hydrogen-bond acceptors (Lipinski definition) is 2. The third kappa shape index (κ3) is 2.36. The molecule has 0 saturated carbocycles. The average molecular weight is 253 g/mol. The smallest absolute Gasteiger partial charge is 0.123 e. The summed E-state index contributed by atoms with van der Waals surface area (Å²) in [7, 11) is 0. The van der Waals surface area contributed by atoms with Crippen molar-refractivity contribution >= 4 is 0 Å². The molecule has 1 unspecified atom stereocenters. The van der Waals surface area contributed by atoms with E-state index in [1.165, 1.54) is 22.3 Å². The van der Waals surface area contributed by atoms with Crippen molar-refractivity contribution in [2.45, 2.75) is 19.3 Å². The Balaban J connectivity index is 2.02. The van der Waals surface area contributed by atoms with E-state index in [4.69, 9.17) is 10.5 Å². The molecule has 1 aliphatic rings. The van der Waals surface area contributed by atoms with Crippen LogP contribution in [0.1, 0.15) is 23.5 Å². The normalized spacial score (nSPS) is 17.7. The van der Waals surface area contributed by atoms with E-state index in [0.29, 0.717) is 12.5 Å². The first-order chi connectivity index (χ1) is 9.28. The minimum Gasteiger partial charge on any atom is -0.493 e. The minimum atomic E-state index is 0.440. The summed E-state index contributed by atoms with van der Waals surface area (Å²) in [5.74, 6) is 1.44. The molecule has 0 aliphatic carbocycles. The zero-order chi connectivity index (χ0) is 13.2. The van der Waals surface area contributed by atoms with Crippen LogP contribution in [0.2, 0.25) is 0 Å². The number of rotatable bonds is 2. The van der Waals surface area contributed by atoms with Crippen LogP contribution in [0.3, 0.4) is 0 Å². The Morgan fingerprint density at radius 2 is 2.00 bits per heavy atom. The Hall–Kier alpha value is -1.80. The molecule has 0 aromatic heterocycles. The molecule has 2 nitrogen and oxygen atoms in total. The highest BCUT2D eigenvalue weighted by Crippen LogP contribution is 2.36. The monoisotopic (exact) mass is 253 g/mol. The zero-order valence-electron chi connectivity index (χ0n) is 11.2. The van der Waals surface area contributed by atoms with Crippen LogP contribution in [0.15, 0.2) is 42.5 Å². The molecule has 2 aromatic carbocycles. The lowest BCUT2D eigenvalue weighted by molar-refractivity contribution is 0.269. The molecule has 1 aliphatic heterocycles. The molecule has 2 aromatic rings. The van der Waals surface area contributed by atoms with Crippen molar-refractivity contribution in [1.29, 1.82) is 0 Å². The second kappa shape index (κ2) is 5.06. The van der Waals surface area contributed by atoms with Gasteiger partial charge in [0, 0.05) is 5.92 Å². The number of fused-ring (bicyclic) bond motifs is 1. The molecule has 98 valence electrons. The molecular formula is C17H19NO. The van der Waals surface area contributed by atoms with Crippen molar-refractivity contribution in [3.63, 3.8) is 0 Å². The van der Waals surface area contributed by atoms with Gasteiger partial charge in [0.05, 0.1) is 6.61 Å². The van der Waals surface area contributed by atoms with Crippen molar-refractivity contribution < 1.29 is 4.74 Å². The quantitative estimate of drug-likeness (QED) is 0.889. The van der Waals surface area contributed by atoms with Gasteiger partial charge < -0.3 is 10.5 Å². The molecule has 1 atom stereocenters. The van der Waals surface area contributed by atoms with E-state index in [-0.39, 0.29) is 0 Å². The maximum Gasteiger partial charge on any atom is 0.123 e. The molecule has 0 saturated heterocycles. The summed E-state index contributed by atoms with van der Waals surface area (Å²) in [6.45, 7) is 3.58. The fourth-order valence-corrected chi connectivity index (χ4v) is 2.71. The van der Waals surface area contributed by atoms with Gasteiger partial charge in [-0.25, -0.2) is 0 Å². The maximum atomic E-state index is 5.83. The van der Waals surface area contributed by atoms with E-state index in [1.807, 2.05) is 0 Å². The second-order valence-electron chi connectivity index (χ2n) is 5.19. The number of nitrogens with two attached hydrogens (primary N) is 1. The Labute approximate surface area is 114 Å². The number of benzene rings is 2. The van der Waals surface area contributed by atoms with E-state index in [9.17, 15) is 0 Å². The Kier molecular flexibility index (Phi) is 3.26. The van der Waals surface area contributed by atoms with Crippen LogP contribution in [-0.4, -0.2) is 13.2 Å². The van der Waals surface area contributed by atoms with Crippen LogP contribution in [0.4, 0.5) is 0 Å². The van der Waals surface area contributed by atoms with Crippen LogP contribution in [0.5, 0.6) is 5.75 Å². The molecule has 0 amide bonds.